The van der Waals surface area contributed by atoms with Crippen LogP contribution in [-0.4, -0.2) is 33.6 Å². The van der Waals surface area contributed by atoms with Gasteiger partial charge in [0.25, 0.3) is 5.56 Å². The number of aromatic nitrogens is 2. The summed E-state index contributed by atoms with van der Waals surface area (Å²) in [6.45, 7) is 2.99. The van der Waals surface area contributed by atoms with Crippen molar-refractivity contribution in [3.63, 3.8) is 0 Å². The van der Waals surface area contributed by atoms with Crippen LogP contribution in [0.4, 0.5) is 24.7 Å². The summed E-state index contributed by atoms with van der Waals surface area (Å²) in [6.07, 6.45) is -1.01. The molecule has 1 atom stereocenters. The van der Waals surface area contributed by atoms with Crippen molar-refractivity contribution in [2.75, 3.05) is 23.3 Å². The number of anilines is 2. The number of carboxylic acid groups (broad SMARTS) is 1. The fraction of sp³-hybridized carbons (Fsp3) is 0.348. The number of nitrogens with zero attached hydrogens (tertiary/aromatic N) is 3. The molecule has 1 aromatic carbocycles. The minimum absolute atomic E-state index is 0.0758. The number of benzene rings is 1. The van der Waals surface area contributed by atoms with Crippen LogP contribution >= 0.6 is 11.6 Å². The molecule has 1 fully saturated rings. The second-order valence-electron chi connectivity index (χ2n) is 8.24. The highest BCUT2D eigenvalue weighted by molar-refractivity contribution is 6.31. The molecule has 1 aliphatic heterocycles. The number of fused-ring (bicyclic) bond motifs is 1. The van der Waals surface area contributed by atoms with Gasteiger partial charge in [0.05, 0.1) is 17.2 Å². The Morgan fingerprint density at radius 3 is 2.53 bits per heavy atom. The zero-order valence-electron chi connectivity index (χ0n) is 18.2. The molecule has 2 N–H and O–H groups in total. The van der Waals surface area contributed by atoms with Crippen molar-refractivity contribution >= 4 is 34.7 Å². The molecule has 0 spiro atoms. The first-order chi connectivity index (χ1) is 16.0. The molecule has 0 aliphatic carbocycles. The Balaban J connectivity index is 1.86. The molecule has 7 nitrogen and oxygen atoms in total. The van der Waals surface area contributed by atoms with Crippen molar-refractivity contribution < 1.29 is 23.1 Å². The van der Waals surface area contributed by atoms with Crippen LogP contribution in [0.5, 0.6) is 0 Å². The van der Waals surface area contributed by atoms with Gasteiger partial charge in [-0.2, -0.15) is 13.2 Å². The van der Waals surface area contributed by atoms with E-state index in [-0.39, 0.29) is 27.5 Å². The number of carboxylic acids is 1. The van der Waals surface area contributed by atoms with E-state index in [9.17, 15) is 27.9 Å². The Hall–Kier alpha value is -3.27. The lowest BCUT2D eigenvalue weighted by atomic mass is 10.1. The molecular weight excluding hydrogens is 473 g/mol. The third-order valence-electron chi connectivity index (χ3n) is 5.83. The second-order valence-corrected chi connectivity index (χ2v) is 8.67. The Bertz CT molecular complexity index is 1300. The van der Waals surface area contributed by atoms with E-state index < -0.39 is 29.3 Å². The maximum atomic E-state index is 13.6. The standard InChI is InChI=1S/C23H22ClF3N4O3/c1-13(28-18-6-5-15(24)10-17(18)22(33)34)16-9-14(23(25,26)27)12-31-20(32)11-19(29-21(16)31)30-7-3-2-4-8-30/h5-6,9-13,28H,2-4,7-8H2,1H3,(H,33,34)/t13-/m1/s1. The summed E-state index contributed by atoms with van der Waals surface area (Å²) in [5, 5.41) is 12.7. The minimum atomic E-state index is -4.69. The number of rotatable bonds is 5. The fourth-order valence-electron chi connectivity index (χ4n) is 4.10. The lowest BCUT2D eigenvalue weighted by Gasteiger charge is -2.28. The number of piperidine rings is 1. The molecule has 0 radical (unpaired) electrons. The van der Waals surface area contributed by atoms with Crippen molar-refractivity contribution in [1.82, 2.24) is 9.38 Å². The Morgan fingerprint density at radius 2 is 1.88 bits per heavy atom. The number of hydrogen-bond donors (Lipinski definition) is 2. The van der Waals surface area contributed by atoms with Gasteiger partial charge < -0.3 is 15.3 Å². The number of nitrogens with one attached hydrogen (secondary N) is 1. The van der Waals surface area contributed by atoms with Crippen LogP contribution in [0, 0.1) is 0 Å². The number of carbonyl (C=O) groups is 1. The normalized spacial score (nSPS) is 15.4. The Labute approximate surface area is 197 Å². The van der Waals surface area contributed by atoms with E-state index in [0.717, 1.165) is 35.9 Å². The predicted molar refractivity (Wildman–Crippen MR) is 123 cm³/mol. The van der Waals surface area contributed by atoms with Crippen molar-refractivity contribution in [3.05, 3.63) is 68.6 Å². The number of aromatic carboxylic acids is 1. The molecule has 0 unspecified atom stereocenters. The molecule has 180 valence electrons. The molecule has 11 heteroatoms. The van der Waals surface area contributed by atoms with Crippen LogP contribution < -0.4 is 15.8 Å². The number of pyridine rings is 1. The molecular formula is C23H22ClF3N4O3. The SMILES string of the molecule is C[C@@H](Nc1ccc(Cl)cc1C(=O)O)c1cc(C(F)(F)F)cn2c(=O)cc(N3CCCCC3)nc12. The molecule has 3 aromatic rings. The fourth-order valence-corrected chi connectivity index (χ4v) is 4.28. The van der Waals surface area contributed by atoms with Crippen molar-refractivity contribution in [1.29, 1.82) is 0 Å². The highest BCUT2D eigenvalue weighted by Gasteiger charge is 2.33. The summed E-state index contributed by atoms with van der Waals surface area (Å²) in [7, 11) is 0. The first-order valence-corrected chi connectivity index (χ1v) is 11.1. The van der Waals surface area contributed by atoms with Gasteiger partial charge in [-0.25, -0.2) is 9.78 Å². The molecule has 0 saturated carbocycles. The van der Waals surface area contributed by atoms with Crippen LogP contribution in [0.3, 0.4) is 0 Å². The predicted octanol–water partition coefficient (Wildman–Crippen LogP) is 5.23. The molecule has 34 heavy (non-hydrogen) atoms. The van der Waals surface area contributed by atoms with E-state index in [1.807, 2.05) is 4.90 Å². The number of alkyl halides is 3. The molecule has 1 aliphatic rings. The van der Waals surface area contributed by atoms with Gasteiger partial charge in [0.1, 0.15) is 11.5 Å². The summed E-state index contributed by atoms with van der Waals surface area (Å²) in [4.78, 5) is 31.0. The molecule has 2 aromatic heterocycles. The van der Waals surface area contributed by atoms with Crippen LogP contribution in [0.15, 0.2) is 41.3 Å². The Morgan fingerprint density at radius 1 is 1.18 bits per heavy atom. The number of halogens is 4. The van der Waals surface area contributed by atoms with Gasteiger partial charge in [0.2, 0.25) is 0 Å². The lowest BCUT2D eigenvalue weighted by molar-refractivity contribution is -0.137. The van der Waals surface area contributed by atoms with Crippen molar-refractivity contribution in [2.24, 2.45) is 0 Å². The average molecular weight is 495 g/mol. The van der Waals surface area contributed by atoms with Crippen LogP contribution in [-0.2, 0) is 6.18 Å². The highest BCUT2D eigenvalue weighted by Crippen LogP contribution is 2.34. The highest BCUT2D eigenvalue weighted by atomic mass is 35.5. The topological polar surface area (TPSA) is 86.9 Å². The smallest absolute Gasteiger partial charge is 0.417 e. The first kappa shape index (κ1) is 23.9. The average Bonchev–Trinajstić information content (AvgIpc) is 2.79. The first-order valence-electron chi connectivity index (χ1n) is 10.7. The van der Waals surface area contributed by atoms with Crippen LogP contribution in [0.1, 0.15) is 53.7 Å². The molecule has 4 rings (SSSR count). The van der Waals surface area contributed by atoms with Gasteiger partial charge in [-0.1, -0.05) is 11.6 Å². The third kappa shape index (κ3) is 4.82. The largest absolute Gasteiger partial charge is 0.478 e. The van der Waals surface area contributed by atoms with Gasteiger partial charge in [0.15, 0.2) is 0 Å². The summed E-state index contributed by atoms with van der Waals surface area (Å²) in [6, 6.07) is 5.54. The van der Waals surface area contributed by atoms with Gasteiger partial charge in [-0.3, -0.25) is 9.20 Å². The maximum Gasteiger partial charge on any atom is 0.417 e. The Kier molecular flexibility index (Phi) is 6.44. The zero-order chi connectivity index (χ0) is 24.6. The van der Waals surface area contributed by atoms with E-state index in [2.05, 4.69) is 10.3 Å². The van der Waals surface area contributed by atoms with E-state index >= 15 is 0 Å². The lowest BCUT2D eigenvalue weighted by Crippen LogP contribution is -2.32. The zero-order valence-corrected chi connectivity index (χ0v) is 19.0. The second kappa shape index (κ2) is 9.17. The summed E-state index contributed by atoms with van der Waals surface area (Å²) < 4.78 is 41.8. The quantitative estimate of drug-likeness (QED) is 0.505. The monoisotopic (exact) mass is 494 g/mol. The van der Waals surface area contributed by atoms with Gasteiger partial charge >= 0.3 is 12.1 Å². The van der Waals surface area contributed by atoms with Crippen LogP contribution in [0.2, 0.25) is 5.02 Å². The van der Waals surface area contributed by atoms with E-state index in [1.54, 1.807) is 6.92 Å². The van der Waals surface area contributed by atoms with Gasteiger partial charge in [0, 0.05) is 41.6 Å². The molecule has 3 heterocycles. The van der Waals surface area contributed by atoms with Crippen molar-refractivity contribution in [3.8, 4) is 0 Å². The summed E-state index contributed by atoms with van der Waals surface area (Å²) >= 11 is 5.90. The van der Waals surface area contributed by atoms with E-state index in [0.29, 0.717) is 18.9 Å². The molecule has 0 amide bonds. The van der Waals surface area contributed by atoms with Crippen molar-refractivity contribution in [2.45, 2.75) is 38.4 Å². The maximum absolute atomic E-state index is 13.6. The third-order valence-corrected chi connectivity index (χ3v) is 6.07. The number of hydrogen-bond acceptors (Lipinski definition) is 5. The van der Waals surface area contributed by atoms with E-state index in [4.69, 9.17) is 11.6 Å². The summed E-state index contributed by atoms with van der Waals surface area (Å²) in [5.41, 5.74) is -1.40. The minimum Gasteiger partial charge on any atom is -0.478 e. The van der Waals surface area contributed by atoms with E-state index in [1.165, 1.54) is 24.3 Å². The van der Waals surface area contributed by atoms with Crippen LogP contribution in [0.25, 0.3) is 5.65 Å². The van der Waals surface area contributed by atoms with Gasteiger partial charge in [-0.15, -0.1) is 0 Å². The van der Waals surface area contributed by atoms with Gasteiger partial charge in [-0.05, 0) is 50.5 Å². The molecule has 1 saturated heterocycles. The summed E-state index contributed by atoms with van der Waals surface area (Å²) in [5.74, 6) is -0.830. The molecule has 0 bridgehead atoms.